The van der Waals surface area contributed by atoms with E-state index in [1.54, 1.807) is 9.80 Å². The summed E-state index contributed by atoms with van der Waals surface area (Å²) >= 11 is 0. The minimum Gasteiger partial charge on any atom is -0.450 e. The third kappa shape index (κ3) is 2.00. The molecule has 6 heteroatoms. The minimum atomic E-state index is -0.231. The van der Waals surface area contributed by atoms with Crippen molar-refractivity contribution in [2.75, 3.05) is 43.1 Å². The van der Waals surface area contributed by atoms with E-state index in [1.807, 2.05) is 26.1 Å². The molecular formula is C17H21N3O3. The summed E-state index contributed by atoms with van der Waals surface area (Å²) in [5.74, 6) is 0.380. The molecule has 122 valence electrons. The van der Waals surface area contributed by atoms with E-state index in [1.165, 1.54) is 11.3 Å². The molecule has 0 spiro atoms. The minimum absolute atomic E-state index is 0.128. The van der Waals surface area contributed by atoms with Gasteiger partial charge in [0, 0.05) is 32.1 Å². The van der Waals surface area contributed by atoms with Crippen LogP contribution in [0.1, 0.15) is 24.8 Å². The van der Waals surface area contributed by atoms with Gasteiger partial charge in [-0.3, -0.25) is 4.79 Å². The number of piperidine rings is 1. The Bertz CT molecular complexity index is 675. The summed E-state index contributed by atoms with van der Waals surface area (Å²) in [6, 6.07) is 6.44. The van der Waals surface area contributed by atoms with Crippen LogP contribution in [-0.2, 0) is 9.53 Å². The summed E-state index contributed by atoms with van der Waals surface area (Å²) in [4.78, 5) is 30.1. The number of anilines is 2. The summed E-state index contributed by atoms with van der Waals surface area (Å²) in [6.45, 7) is 4.00. The summed E-state index contributed by atoms with van der Waals surface area (Å²) in [6.07, 6.45) is 0.638. The molecular weight excluding hydrogens is 294 g/mol. The van der Waals surface area contributed by atoms with Crippen LogP contribution < -0.4 is 9.80 Å². The van der Waals surface area contributed by atoms with Gasteiger partial charge in [0.2, 0.25) is 5.91 Å². The van der Waals surface area contributed by atoms with Crippen molar-refractivity contribution in [3.63, 3.8) is 0 Å². The topological polar surface area (TPSA) is 53.1 Å². The molecule has 0 radical (unpaired) electrons. The second-order valence-corrected chi connectivity index (χ2v) is 6.40. The van der Waals surface area contributed by atoms with Gasteiger partial charge < -0.3 is 19.4 Å². The van der Waals surface area contributed by atoms with Crippen molar-refractivity contribution in [1.82, 2.24) is 4.90 Å². The van der Waals surface area contributed by atoms with E-state index in [0.717, 1.165) is 12.1 Å². The Morgan fingerprint density at radius 3 is 3.00 bits per heavy atom. The van der Waals surface area contributed by atoms with Gasteiger partial charge in [0.25, 0.3) is 0 Å². The lowest BCUT2D eigenvalue weighted by molar-refractivity contribution is -0.117. The van der Waals surface area contributed by atoms with Gasteiger partial charge in [0.1, 0.15) is 0 Å². The number of ether oxygens (including phenoxy) is 1. The molecule has 1 aromatic carbocycles. The van der Waals surface area contributed by atoms with E-state index in [4.69, 9.17) is 4.74 Å². The van der Waals surface area contributed by atoms with Crippen molar-refractivity contribution in [3.05, 3.63) is 23.8 Å². The standard InChI is InChI=1S/C17H21N3O3/c1-3-23-17(22)19-8-7-13-12(9-19)11-5-4-6-14-16(11)20(13)10-15(21)18(14)2/h4-6,12-13H,3,7-10H2,1-2H3/t12?,13-/m0/s1. The third-order valence-electron chi connectivity index (χ3n) is 5.28. The van der Waals surface area contributed by atoms with Gasteiger partial charge in [-0.05, 0) is 25.0 Å². The summed E-state index contributed by atoms with van der Waals surface area (Å²) < 4.78 is 5.15. The molecule has 3 heterocycles. The predicted molar refractivity (Wildman–Crippen MR) is 86.9 cm³/mol. The molecule has 3 aliphatic heterocycles. The zero-order chi connectivity index (χ0) is 16.1. The lowest BCUT2D eigenvalue weighted by Gasteiger charge is -2.40. The number of likely N-dealkylation sites (N-methyl/N-ethyl adjacent to an activating group) is 1. The van der Waals surface area contributed by atoms with Crippen molar-refractivity contribution in [2.24, 2.45) is 0 Å². The Balaban J connectivity index is 1.69. The first-order valence-corrected chi connectivity index (χ1v) is 8.19. The maximum Gasteiger partial charge on any atom is 0.409 e. The molecule has 0 bridgehead atoms. The quantitative estimate of drug-likeness (QED) is 0.793. The van der Waals surface area contributed by atoms with Crippen LogP contribution in [0, 0.1) is 0 Å². The number of likely N-dealkylation sites (tertiary alicyclic amines) is 1. The first-order chi connectivity index (χ1) is 11.1. The van der Waals surface area contributed by atoms with Crippen LogP contribution >= 0.6 is 0 Å². The Kier molecular flexibility index (Phi) is 3.21. The molecule has 6 nitrogen and oxygen atoms in total. The van der Waals surface area contributed by atoms with Crippen molar-refractivity contribution >= 4 is 23.4 Å². The molecule has 0 aliphatic carbocycles. The largest absolute Gasteiger partial charge is 0.450 e. The number of hydrogen-bond donors (Lipinski definition) is 0. The van der Waals surface area contributed by atoms with Gasteiger partial charge in [-0.2, -0.15) is 0 Å². The maximum atomic E-state index is 12.3. The average Bonchev–Trinajstić information content (AvgIpc) is 2.87. The second kappa shape index (κ2) is 5.15. The molecule has 1 fully saturated rings. The number of carbonyl (C=O) groups is 2. The number of para-hydroxylation sites is 1. The van der Waals surface area contributed by atoms with E-state index in [0.29, 0.717) is 32.3 Å². The van der Waals surface area contributed by atoms with E-state index in [2.05, 4.69) is 11.0 Å². The molecule has 0 N–H and O–H groups in total. The zero-order valence-electron chi connectivity index (χ0n) is 13.5. The van der Waals surface area contributed by atoms with Gasteiger partial charge >= 0.3 is 6.09 Å². The van der Waals surface area contributed by atoms with Crippen LogP contribution in [0.25, 0.3) is 0 Å². The van der Waals surface area contributed by atoms with E-state index >= 15 is 0 Å². The number of amides is 2. The van der Waals surface area contributed by atoms with E-state index in [9.17, 15) is 9.59 Å². The highest BCUT2D eigenvalue weighted by atomic mass is 16.6. The molecule has 23 heavy (non-hydrogen) atoms. The molecule has 4 rings (SSSR count). The fourth-order valence-corrected chi connectivity index (χ4v) is 4.18. The van der Waals surface area contributed by atoms with Crippen molar-refractivity contribution < 1.29 is 14.3 Å². The number of benzene rings is 1. The van der Waals surface area contributed by atoms with Gasteiger partial charge in [0.15, 0.2) is 0 Å². The highest BCUT2D eigenvalue weighted by Gasteiger charge is 2.47. The lowest BCUT2D eigenvalue weighted by atomic mass is 9.89. The molecule has 1 unspecified atom stereocenters. The van der Waals surface area contributed by atoms with Crippen molar-refractivity contribution in [2.45, 2.75) is 25.3 Å². The number of nitrogens with zero attached hydrogens (tertiary/aromatic N) is 3. The average molecular weight is 315 g/mol. The number of fused-ring (bicyclic) bond motifs is 3. The Labute approximate surface area is 135 Å². The van der Waals surface area contributed by atoms with Crippen molar-refractivity contribution in [3.8, 4) is 0 Å². The van der Waals surface area contributed by atoms with Gasteiger partial charge in [-0.15, -0.1) is 0 Å². The fourth-order valence-electron chi connectivity index (χ4n) is 4.18. The molecule has 2 amide bonds. The summed E-state index contributed by atoms with van der Waals surface area (Å²) in [7, 11) is 1.84. The smallest absolute Gasteiger partial charge is 0.409 e. The number of hydrogen-bond acceptors (Lipinski definition) is 4. The normalized spacial score (nSPS) is 25.3. The molecule has 3 aliphatic rings. The van der Waals surface area contributed by atoms with Crippen LogP contribution in [-0.4, -0.2) is 56.2 Å². The predicted octanol–water partition coefficient (Wildman–Crippen LogP) is 1.80. The van der Waals surface area contributed by atoms with E-state index < -0.39 is 0 Å². The van der Waals surface area contributed by atoms with Crippen LogP contribution in [0.15, 0.2) is 18.2 Å². The molecule has 0 aromatic heterocycles. The number of carbonyl (C=O) groups excluding carboxylic acids is 2. The maximum absolute atomic E-state index is 12.3. The SMILES string of the molecule is CCOC(=O)N1CC[C@H]2C(C1)c1cccc3c1N2CC(=O)N3C. The molecule has 0 saturated carbocycles. The summed E-state index contributed by atoms with van der Waals surface area (Å²) in [5, 5.41) is 0. The third-order valence-corrected chi connectivity index (χ3v) is 5.28. The molecule has 1 aromatic rings. The summed E-state index contributed by atoms with van der Waals surface area (Å²) in [5.41, 5.74) is 3.41. The van der Waals surface area contributed by atoms with Crippen molar-refractivity contribution in [1.29, 1.82) is 0 Å². The van der Waals surface area contributed by atoms with E-state index in [-0.39, 0.29) is 17.9 Å². The van der Waals surface area contributed by atoms with Gasteiger partial charge in [-0.25, -0.2) is 4.79 Å². The Morgan fingerprint density at radius 1 is 1.39 bits per heavy atom. The fraction of sp³-hybridized carbons (Fsp3) is 0.529. The first-order valence-electron chi connectivity index (χ1n) is 8.19. The van der Waals surface area contributed by atoms with Crippen LogP contribution in [0.3, 0.4) is 0 Å². The van der Waals surface area contributed by atoms with Crippen LogP contribution in [0.5, 0.6) is 0 Å². The molecule has 2 atom stereocenters. The van der Waals surface area contributed by atoms with Gasteiger partial charge in [-0.1, -0.05) is 12.1 Å². The Hall–Kier alpha value is -2.24. The Morgan fingerprint density at radius 2 is 2.22 bits per heavy atom. The van der Waals surface area contributed by atoms with Crippen LogP contribution in [0.2, 0.25) is 0 Å². The molecule has 1 saturated heterocycles. The number of rotatable bonds is 1. The van der Waals surface area contributed by atoms with Crippen LogP contribution in [0.4, 0.5) is 16.2 Å². The lowest BCUT2D eigenvalue weighted by Crippen LogP contribution is -2.52. The second-order valence-electron chi connectivity index (χ2n) is 6.40. The first kappa shape index (κ1) is 14.4. The zero-order valence-corrected chi connectivity index (χ0v) is 13.5. The van der Waals surface area contributed by atoms with Gasteiger partial charge in [0.05, 0.1) is 24.5 Å². The monoisotopic (exact) mass is 315 g/mol. The highest BCUT2D eigenvalue weighted by Crippen LogP contribution is 2.50. The highest BCUT2D eigenvalue weighted by molar-refractivity contribution is 6.04.